The lowest BCUT2D eigenvalue weighted by Crippen LogP contribution is -2.00. The number of rotatable bonds is 12. The first kappa shape index (κ1) is 20.4. The van der Waals surface area contributed by atoms with Crippen LogP contribution in [0.2, 0.25) is 0 Å². The lowest BCUT2D eigenvalue weighted by molar-refractivity contribution is 0.458. The number of phenolic OH excluding ortho intramolecular Hbond substituents is 1. The Labute approximate surface area is 168 Å². The lowest BCUT2D eigenvalue weighted by atomic mass is 10.0. The SMILES string of the molecule is CCCCCCCCCCCCc1cccc(-n2nc3ccccc3n2)c1O. The number of aromatic nitrogens is 3. The summed E-state index contributed by atoms with van der Waals surface area (Å²) in [5.41, 5.74) is 3.31. The molecule has 1 heterocycles. The van der Waals surface area contributed by atoms with E-state index in [-0.39, 0.29) is 0 Å². The van der Waals surface area contributed by atoms with Crippen molar-refractivity contribution >= 4 is 11.0 Å². The first-order chi connectivity index (χ1) is 13.8. The van der Waals surface area contributed by atoms with Gasteiger partial charge >= 0.3 is 0 Å². The molecule has 0 bridgehead atoms. The van der Waals surface area contributed by atoms with Crippen LogP contribution in [0.5, 0.6) is 5.75 Å². The van der Waals surface area contributed by atoms with E-state index < -0.39 is 0 Å². The third kappa shape index (κ3) is 5.57. The number of hydrogen-bond donors (Lipinski definition) is 1. The first-order valence-electron chi connectivity index (χ1n) is 10.9. The molecule has 3 rings (SSSR count). The molecule has 0 unspecified atom stereocenters. The van der Waals surface area contributed by atoms with Gasteiger partial charge in [0, 0.05) is 0 Å². The Morgan fingerprint density at radius 2 is 1.29 bits per heavy atom. The van der Waals surface area contributed by atoms with Crippen LogP contribution in [0, 0.1) is 0 Å². The van der Waals surface area contributed by atoms with Crippen LogP contribution in [0.1, 0.15) is 76.7 Å². The van der Waals surface area contributed by atoms with Crippen molar-refractivity contribution in [3.8, 4) is 11.4 Å². The molecule has 0 aliphatic heterocycles. The summed E-state index contributed by atoms with van der Waals surface area (Å²) in [6.07, 6.45) is 14.1. The highest BCUT2D eigenvalue weighted by molar-refractivity contribution is 5.73. The molecule has 150 valence electrons. The van der Waals surface area contributed by atoms with Crippen LogP contribution >= 0.6 is 0 Å². The molecule has 0 aliphatic rings. The van der Waals surface area contributed by atoms with Gasteiger partial charge in [0.1, 0.15) is 22.5 Å². The monoisotopic (exact) mass is 379 g/mol. The third-order valence-corrected chi connectivity index (χ3v) is 5.40. The van der Waals surface area contributed by atoms with Gasteiger partial charge in [-0.1, -0.05) is 89.0 Å². The number of hydrogen-bond acceptors (Lipinski definition) is 3. The van der Waals surface area contributed by atoms with E-state index in [1.165, 1.54) is 57.8 Å². The van der Waals surface area contributed by atoms with Crippen molar-refractivity contribution in [3.63, 3.8) is 0 Å². The molecule has 0 atom stereocenters. The van der Waals surface area contributed by atoms with Crippen LogP contribution in [-0.2, 0) is 6.42 Å². The van der Waals surface area contributed by atoms with Gasteiger partial charge in [-0.25, -0.2) is 0 Å². The van der Waals surface area contributed by atoms with Crippen LogP contribution in [-0.4, -0.2) is 20.1 Å². The summed E-state index contributed by atoms with van der Waals surface area (Å²) in [4.78, 5) is 1.54. The predicted octanol–water partition coefficient (Wildman–Crippen LogP) is 6.59. The Balaban J connectivity index is 1.46. The van der Waals surface area contributed by atoms with Gasteiger partial charge in [-0.3, -0.25) is 0 Å². The van der Waals surface area contributed by atoms with Crippen LogP contribution in [0.3, 0.4) is 0 Å². The maximum absolute atomic E-state index is 10.7. The van der Waals surface area contributed by atoms with E-state index in [4.69, 9.17) is 0 Å². The summed E-state index contributed by atoms with van der Waals surface area (Å²) in [6.45, 7) is 2.27. The molecule has 4 heteroatoms. The van der Waals surface area contributed by atoms with Crippen LogP contribution in [0.15, 0.2) is 42.5 Å². The van der Waals surface area contributed by atoms with E-state index in [0.717, 1.165) is 29.4 Å². The minimum absolute atomic E-state index is 0.304. The zero-order valence-electron chi connectivity index (χ0n) is 17.1. The Morgan fingerprint density at radius 1 is 0.714 bits per heavy atom. The van der Waals surface area contributed by atoms with Crippen molar-refractivity contribution in [2.45, 2.75) is 77.6 Å². The summed E-state index contributed by atoms with van der Waals surface area (Å²) in [5.74, 6) is 0.304. The Hall–Kier alpha value is -2.36. The van der Waals surface area contributed by atoms with Crippen LogP contribution < -0.4 is 0 Å². The zero-order valence-corrected chi connectivity index (χ0v) is 17.1. The number of fused-ring (bicyclic) bond motifs is 1. The van der Waals surface area contributed by atoms with Gasteiger partial charge in [0.15, 0.2) is 0 Å². The molecule has 1 N–H and O–H groups in total. The van der Waals surface area contributed by atoms with Gasteiger partial charge < -0.3 is 5.11 Å². The molecule has 0 amide bonds. The molecule has 0 saturated heterocycles. The highest BCUT2D eigenvalue weighted by atomic mass is 16.3. The molecule has 2 aromatic carbocycles. The second kappa shape index (κ2) is 10.8. The lowest BCUT2D eigenvalue weighted by Gasteiger charge is -2.09. The maximum atomic E-state index is 10.7. The van der Waals surface area contributed by atoms with E-state index >= 15 is 0 Å². The van der Waals surface area contributed by atoms with Crippen LogP contribution in [0.4, 0.5) is 0 Å². The number of benzene rings is 2. The van der Waals surface area contributed by atoms with E-state index in [9.17, 15) is 5.11 Å². The summed E-state index contributed by atoms with van der Waals surface area (Å²) in [5, 5.41) is 19.7. The van der Waals surface area contributed by atoms with Gasteiger partial charge in [-0.15, -0.1) is 15.0 Å². The predicted molar refractivity (Wildman–Crippen MR) is 116 cm³/mol. The molecule has 3 aromatic rings. The quantitative estimate of drug-likeness (QED) is 0.361. The highest BCUT2D eigenvalue weighted by Gasteiger charge is 2.11. The van der Waals surface area contributed by atoms with Gasteiger partial charge in [0.25, 0.3) is 0 Å². The standard InChI is InChI=1S/C24H33N3O/c1-2-3-4-5-6-7-8-9-10-11-15-20-16-14-19-23(24(20)28)27-25-21-17-12-13-18-22(21)26-27/h12-14,16-19,28H,2-11,15H2,1H3. The summed E-state index contributed by atoms with van der Waals surface area (Å²) >= 11 is 0. The smallest absolute Gasteiger partial charge is 0.146 e. The average molecular weight is 380 g/mol. The normalized spacial score (nSPS) is 11.3. The number of aryl methyl sites for hydroxylation is 1. The number of nitrogens with zero attached hydrogens (tertiary/aromatic N) is 3. The summed E-state index contributed by atoms with van der Waals surface area (Å²) < 4.78 is 0. The minimum Gasteiger partial charge on any atom is -0.505 e. The Morgan fingerprint density at radius 3 is 1.89 bits per heavy atom. The number of unbranched alkanes of at least 4 members (excludes halogenated alkanes) is 9. The van der Waals surface area contributed by atoms with Crippen molar-refractivity contribution in [3.05, 3.63) is 48.0 Å². The number of phenols is 1. The average Bonchev–Trinajstić information content (AvgIpc) is 3.14. The van der Waals surface area contributed by atoms with Crippen molar-refractivity contribution in [2.24, 2.45) is 0 Å². The highest BCUT2D eigenvalue weighted by Crippen LogP contribution is 2.27. The van der Waals surface area contributed by atoms with E-state index in [1.807, 2.05) is 42.5 Å². The molecule has 0 spiro atoms. The minimum atomic E-state index is 0.304. The molecule has 0 fully saturated rings. The summed E-state index contributed by atoms with van der Waals surface area (Å²) in [6, 6.07) is 13.6. The first-order valence-corrected chi connectivity index (χ1v) is 10.9. The molecule has 28 heavy (non-hydrogen) atoms. The molecular formula is C24H33N3O. The van der Waals surface area contributed by atoms with Crippen molar-refractivity contribution in [1.29, 1.82) is 0 Å². The molecular weight excluding hydrogens is 346 g/mol. The third-order valence-electron chi connectivity index (χ3n) is 5.40. The molecule has 1 aromatic heterocycles. The number of aromatic hydroxyl groups is 1. The topological polar surface area (TPSA) is 50.9 Å². The second-order valence-corrected chi connectivity index (χ2v) is 7.70. The number of para-hydroxylation sites is 1. The van der Waals surface area contributed by atoms with E-state index in [2.05, 4.69) is 17.1 Å². The summed E-state index contributed by atoms with van der Waals surface area (Å²) in [7, 11) is 0. The van der Waals surface area contributed by atoms with Crippen molar-refractivity contribution < 1.29 is 5.11 Å². The molecule has 0 aliphatic carbocycles. The van der Waals surface area contributed by atoms with Gasteiger partial charge in [-0.05, 0) is 36.6 Å². The van der Waals surface area contributed by atoms with Crippen molar-refractivity contribution in [1.82, 2.24) is 15.0 Å². The molecule has 0 saturated carbocycles. The van der Waals surface area contributed by atoms with Crippen LogP contribution in [0.25, 0.3) is 16.7 Å². The fourth-order valence-electron chi connectivity index (χ4n) is 3.71. The zero-order chi connectivity index (χ0) is 19.6. The second-order valence-electron chi connectivity index (χ2n) is 7.70. The fourth-order valence-corrected chi connectivity index (χ4v) is 3.71. The molecule has 4 nitrogen and oxygen atoms in total. The van der Waals surface area contributed by atoms with Gasteiger partial charge in [-0.2, -0.15) is 0 Å². The largest absolute Gasteiger partial charge is 0.505 e. The maximum Gasteiger partial charge on any atom is 0.146 e. The van der Waals surface area contributed by atoms with Crippen molar-refractivity contribution in [2.75, 3.05) is 0 Å². The Kier molecular flexibility index (Phi) is 7.89. The van der Waals surface area contributed by atoms with E-state index in [1.54, 1.807) is 4.80 Å². The van der Waals surface area contributed by atoms with Gasteiger partial charge in [0.2, 0.25) is 0 Å². The Bertz CT molecular complexity index is 823. The fraction of sp³-hybridized carbons (Fsp3) is 0.500. The van der Waals surface area contributed by atoms with Gasteiger partial charge in [0.05, 0.1) is 0 Å². The van der Waals surface area contributed by atoms with E-state index in [0.29, 0.717) is 11.4 Å². The molecule has 0 radical (unpaired) electrons.